The Morgan fingerprint density at radius 1 is 0.684 bits per heavy atom. The third kappa shape index (κ3) is 15.1. The van der Waals surface area contributed by atoms with Gasteiger partial charge in [0, 0.05) is 18.9 Å². The standard InChI is InChI=1S/C59H92O32S2.2Na/c1-24(2)11-10-16-58(8)48-28(61)19-57(7)27-12-13-33-55(4,5)34(15-17-56(33,6)26(27)14-18-59(48,57)54(71)90-58)85-52-46(38(66)32(22-80-52)91-93(75,76)77)89-53-47(88-49-39(67)35(63)29(62)21-79-49)40(68)43(25(3)82-53)86-51-42(70)45(36(64)30(20-60)83-51)87-50-41(69)44(78-9)37(65)31(84-50)23-81-92(72,73)74;;/h12,25-26,29-53,60,62-70H,1,10-11,13-23H2,2-9H3,(H,72,73,74)(H,75,76,77);;/q;2*+1/p-2/t25-,26+,29-,30-,31-,32-,33+,34+,35+,36-,37-,38+,39-,40+,41-,42-,43-,44+,45+,46-,47-,48-,49+,50+,51+,52+,53+,56-,57+,58+,59?;;/m1../s1. The summed E-state index contributed by atoms with van der Waals surface area (Å²) in [6.07, 6.45) is -37.6. The molecule has 4 aliphatic carbocycles. The molecule has 10 aliphatic rings. The van der Waals surface area contributed by atoms with Gasteiger partial charge in [0.05, 0.1) is 50.0 Å². The number of aliphatic hydroxyl groups excluding tert-OH is 10. The number of allylic oxidation sites excluding steroid dienone is 3. The van der Waals surface area contributed by atoms with Gasteiger partial charge in [-0.2, -0.15) is 0 Å². The summed E-state index contributed by atoms with van der Waals surface area (Å²) < 4.78 is 151. The van der Waals surface area contributed by atoms with Gasteiger partial charge in [0.15, 0.2) is 31.5 Å². The Morgan fingerprint density at radius 3 is 1.92 bits per heavy atom. The number of ether oxygens (including phenoxy) is 12. The van der Waals surface area contributed by atoms with E-state index in [2.05, 4.69) is 23.8 Å². The maximum Gasteiger partial charge on any atom is 1.00 e. The van der Waals surface area contributed by atoms with Crippen molar-refractivity contribution in [2.24, 2.45) is 39.4 Å². The fraction of sp³-hybridized carbons (Fsp3) is 0.898. The van der Waals surface area contributed by atoms with Gasteiger partial charge >= 0.3 is 65.1 Å². The van der Waals surface area contributed by atoms with Crippen molar-refractivity contribution >= 4 is 32.6 Å². The van der Waals surface area contributed by atoms with E-state index in [9.17, 15) is 86.6 Å². The Morgan fingerprint density at radius 2 is 1.28 bits per heavy atom. The van der Waals surface area contributed by atoms with Crippen LogP contribution in [0.15, 0.2) is 23.8 Å². The molecule has 1 spiro atoms. The first-order valence-corrected chi connectivity index (χ1v) is 34.1. The third-order valence-corrected chi connectivity index (χ3v) is 22.9. The van der Waals surface area contributed by atoms with Crippen molar-refractivity contribution in [3.63, 3.8) is 0 Å². The minimum atomic E-state index is -5.55. The molecule has 6 saturated heterocycles. The topological polar surface area (TPSA) is 480 Å². The molecular weight excluding hydrogens is 1330 g/mol. The van der Waals surface area contributed by atoms with Gasteiger partial charge in [-0.1, -0.05) is 44.9 Å². The fourth-order valence-electron chi connectivity index (χ4n) is 17.4. The number of cyclic esters (lactones) is 1. The fourth-order valence-corrected chi connectivity index (χ4v) is 18.1. The number of fused-ring (bicyclic) bond motifs is 4. The molecule has 0 aromatic carbocycles. The van der Waals surface area contributed by atoms with E-state index in [-0.39, 0.29) is 89.1 Å². The molecule has 0 aromatic heterocycles. The molecule has 6 aliphatic heterocycles. The summed E-state index contributed by atoms with van der Waals surface area (Å²) >= 11 is 0. The molecule has 6 heterocycles. The molecule has 36 heteroatoms. The van der Waals surface area contributed by atoms with Gasteiger partial charge < -0.3 is 117 Å². The van der Waals surface area contributed by atoms with Crippen LogP contribution < -0.4 is 59.1 Å². The zero-order chi connectivity index (χ0) is 68.2. The molecule has 9 fully saturated rings. The summed E-state index contributed by atoms with van der Waals surface area (Å²) in [6, 6.07) is 0. The number of esters is 1. The summed E-state index contributed by atoms with van der Waals surface area (Å²) in [7, 11) is -9.86. The number of carbonyl (C=O) groups is 2. The Bertz CT molecular complexity index is 2990. The van der Waals surface area contributed by atoms with E-state index in [1.54, 1.807) is 0 Å². The van der Waals surface area contributed by atoms with E-state index < -0.39 is 228 Å². The number of rotatable bonds is 21. The Balaban J connectivity index is 0.00000578. The molecule has 31 atom stereocenters. The van der Waals surface area contributed by atoms with E-state index in [1.165, 1.54) is 6.92 Å². The van der Waals surface area contributed by atoms with Gasteiger partial charge in [0.25, 0.3) is 0 Å². The minimum absolute atomic E-state index is 0. The van der Waals surface area contributed by atoms with Gasteiger partial charge in [0.1, 0.15) is 115 Å². The first-order chi connectivity index (χ1) is 43.4. The number of hydrogen-bond donors (Lipinski definition) is 10. The monoisotopic (exact) mass is 1420 g/mol. The first-order valence-electron chi connectivity index (χ1n) is 31.4. The van der Waals surface area contributed by atoms with E-state index in [0.29, 0.717) is 44.9 Å². The summed E-state index contributed by atoms with van der Waals surface area (Å²) in [6.45, 7) is 14.0. The summed E-state index contributed by atoms with van der Waals surface area (Å²) in [4.78, 5) is 28.9. The second kappa shape index (κ2) is 30.3. The zero-order valence-electron chi connectivity index (χ0n) is 54.8. The summed E-state index contributed by atoms with van der Waals surface area (Å²) in [5.41, 5.74) is -1.91. The maximum absolute atomic E-state index is 14.5. The number of carbonyl (C=O) groups excluding carboxylic acids is 2. The van der Waals surface area contributed by atoms with Crippen LogP contribution in [0.1, 0.15) is 106 Å². The average molecular weight is 1420 g/mol. The molecule has 0 bridgehead atoms. The summed E-state index contributed by atoms with van der Waals surface area (Å²) in [5.74, 6) is -1.10. The minimum Gasteiger partial charge on any atom is -0.726 e. The number of ketones is 1. The first kappa shape index (κ1) is 80.2. The number of Topliss-reactive ketones (excluding diaryl/α,β-unsaturated/α-hetero) is 1. The Labute approximate surface area is 595 Å². The SMILES string of the molecule is C=C(C)CCC[C@]1(C)OC(=O)C23CC[C@H]4C(=CC[C@H]5C(C)(C)[C@@H](O[C@@H]6OC[C@@H](OS(=O)(=O)[O-])[C@H](O)[C@H]6O[C@@H]6O[C@H](C)[C@@H](O[C@@H]7O[C@H](CO)[C@@H](O)[C@H](O[C@@H]8O[C@H](COS(=O)(=O)[O-])[C@@H](O)[C@H](OC)[C@H]8O)[C@H]7O)[C@H](O)[C@H]6O[C@@H]6OC[C@@H](O)[C@H](O)[C@H]6O)CC[C@]45C)[C@]2(C)CC(=O)[C@@H]31.[Na+].[Na+]. The van der Waals surface area contributed by atoms with Crippen LogP contribution in [0.2, 0.25) is 0 Å². The smallest absolute Gasteiger partial charge is 0.726 e. The second-order valence-electron chi connectivity index (χ2n) is 28.1. The van der Waals surface area contributed by atoms with Crippen LogP contribution in [0.3, 0.4) is 0 Å². The zero-order valence-corrected chi connectivity index (χ0v) is 60.5. The van der Waals surface area contributed by atoms with Crippen LogP contribution in [0.5, 0.6) is 0 Å². The molecule has 32 nitrogen and oxygen atoms in total. The molecule has 1 unspecified atom stereocenters. The molecule has 10 N–H and O–H groups in total. The van der Waals surface area contributed by atoms with Crippen molar-refractivity contribution in [1.82, 2.24) is 0 Å². The van der Waals surface area contributed by atoms with Crippen LogP contribution >= 0.6 is 0 Å². The van der Waals surface area contributed by atoms with Crippen molar-refractivity contribution in [1.29, 1.82) is 0 Å². The Kier molecular flexibility index (Phi) is 25.6. The van der Waals surface area contributed by atoms with Crippen LogP contribution in [0.4, 0.5) is 0 Å². The predicted octanol–water partition coefficient (Wildman–Crippen LogP) is -8.77. The maximum atomic E-state index is 14.5. The van der Waals surface area contributed by atoms with Gasteiger partial charge in [-0.05, 0) is 94.8 Å². The largest absolute Gasteiger partial charge is 1.00 e. The molecule has 3 saturated carbocycles. The van der Waals surface area contributed by atoms with Crippen LogP contribution in [-0.2, 0) is 95.6 Å². The van der Waals surface area contributed by atoms with Gasteiger partial charge in [-0.25, -0.2) is 16.8 Å². The van der Waals surface area contributed by atoms with Crippen molar-refractivity contribution in [3.8, 4) is 0 Å². The van der Waals surface area contributed by atoms with Crippen molar-refractivity contribution in [2.75, 3.05) is 33.5 Å². The van der Waals surface area contributed by atoms with E-state index in [4.69, 9.17) is 61.0 Å². The van der Waals surface area contributed by atoms with E-state index >= 15 is 0 Å². The van der Waals surface area contributed by atoms with Crippen molar-refractivity contribution < 1.29 is 211 Å². The molecule has 10 rings (SSSR count). The van der Waals surface area contributed by atoms with Crippen LogP contribution in [0.25, 0.3) is 0 Å². The van der Waals surface area contributed by atoms with E-state index in [1.807, 2.05) is 34.6 Å². The molecule has 0 aromatic rings. The van der Waals surface area contributed by atoms with Crippen LogP contribution in [-0.4, -0.2) is 275 Å². The third-order valence-electron chi connectivity index (χ3n) is 22.0. The second-order valence-corrected chi connectivity index (χ2v) is 30.2. The Hall–Kier alpha value is -0.480. The number of aliphatic hydroxyl groups is 10. The molecule has 0 amide bonds. The normalized spacial score (nSPS) is 48.2. The number of methoxy groups -OCH3 is 1. The quantitative estimate of drug-likeness (QED) is 0.0168. The van der Waals surface area contributed by atoms with Crippen molar-refractivity contribution in [2.45, 2.75) is 259 Å². The van der Waals surface area contributed by atoms with E-state index in [0.717, 1.165) is 24.7 Å². The predicted molar refractivity (Wildman–Crippen MR) is 305 cm³/mol. The van der Waals surface area contributed by atoms with Crippen molar-refractivity contribution in [3.05, 3.63) is 23.8 Å². The summed E-state index contributed by atoms with van der Waals surface area (Å²) in [5, 5.41) is 112. The van der Waals surface area contributed by atoms with Gasteiger partial charge in [-0.3, -0.25) is 18.0 Å². The molecular formula is C59H90Na2O32S2. The molecule has 0 radical (unpaired) electrons. The molecule has 532 valence electrons. The molecule has 95 heavy (non-hydrogen) atoms. The van der Waals surface area contributed by atoms with Crippen LogP contribution in [0, 0.1) is 39.4 Å². The van der Waals surface area contributed by atoms with Gasteiger partial charge in [-0.15, -0.1) is 6.58 Å². The average Bonchev–Trinajstić information content (AvgIpc) is 1.52. The van der Waals surface area contributed by atoms with Gasteiger partial charge in [0.2, 0.25) is 20.8 Å². The number of hydrogen-bond acceptors (Lipinski definition) is 32.